The van der Waals surface area contributed by atoms with Crippen LogP contribution in [0.15, 0.2) is 24.3 Å². The molecule has 1 unspecified atom stereocenters. The molecule has 0 radical (unpaired) electrons. The SMILES string of the molecule is CCC(C)NCCOc1ccc(C(C)C)cc1. The Labute approximate surface area is 105 Å². The van der Waals surface area contributed by atoms with Crippen molar-refractivity contribution in [2.45, 2.75) is 46.1 Å². The molecule has 1 atom stereocenters. The number of hydrogen-bond acceptors (Lipinski definition) is 2. The van der Waals surface area contributed by atoms with Crippen LogP contribution in [-0.4, -0.2) is 19.2 Å². The van der Waals surface area contributed by atoms with Crippen molar-refractivity contribution >= 4 is 0 Å². The van der Waals surface area contributed by atoms with E-state index >= 15 is 0 Å². The van der Waals surface area contributed by atoms with Gasteiger partial charge in [-0.15, -0.1) is 0 Å². The molecule has 2 heteroatoms. The van der Waals surface area contributed by atoms with Gasteiger partial charge in [-0.3, -0.25) is 0 Å². The third kappa shape index (κ3) is 5.22. The second-order valence-electron chi connectivity index (χ2n) is 4.84. The van der Waals surface area contributed by atoms with Gasteiger partial charge in [0.2, 0.25) is 0 Å². The molecule has 0 bridgehead atoms. The van der Waals surface area contributed by atoms with E-state index < -0.39 is 0 Å². The normalized spacial score (nSPS) is 12.8. The first-order chi connectivity index (χ1) is 8.13. The zero-order valence-electron chi connectivity index (χ0n) is 11.5. The molecular weight excluding hydrogens is 210 g/mol. The molecule has 0 aromatic heterocycles. The smallest absolute Gasteiger partial charge is 0.119 e. The van der Waals surface area contributed by atoms with Crippen LogP contribution in [0.1, 0.15) is 45.6 Å². The molecule has 0 aliphatic carbocycles. The highest BCUT2D eigenvalue weighted by Crippen LogP contribution is 2.18. The Hall–Kier alpha value is -1.02. The molecule has 1 aromatic carbocycles. The Morgan fingerprint density at radius 3 is 2.29 bits per heavy atom. The van der Waals surface area contributed by atoms with E-state index in [0.29, 0.717) is 12.0 Å². The maximum Gasteiger partial charge on any atom is 0.119 e. The molecule has 0 amide bonds. The van der Waals surface area contributed by atoms with Gasteiger partial charge in [0.25, 0.3) is 0 Å². The highest BCUT2D eigenvalue weighted by atomic mass is 16.5. The van der Waals surface area contributed by atoms with Gasteiger partial charge in [0.05, 0.1) is 0 Å². The molecule has 17 heavy (non-hydrogen) atoms. The monoisotopic (exact) mass is 235 g/mol. The third-order valence-electron chi connectivity index (χ3n) is 3.02. The predicted octanol–water partition coefficient (Wildman–Crippen LogP) is 3.58. The summed E-state index contributed by atoms with van der Waals surface area (Å²) in [4.78, 5) is 0. The second kappa shape index (κ2) is 7.33. The van der Waals surface area contributed by atoms with Crippen molar-refractivity contribution in [1.82, 2.24) is 5.32 Å². The molecule has 0 saturated carbocycles. The lowest BCUT2D eigenvalue weighted by Crippen LogP contribution is -2.29. The van der Waals surface area contributed by atoms with Crippen LogP contribution < -0.4 is 10.1 Å². The first-order valence-corrected chi connectivity index (χ1v) is 6.59. The largest absolute Gasteiger partial charge is 0.492 e. The minimum Gasteiger partial charge on any atom is -0.492 e. The van der Waals surface area contributed by atoms with E-state index in [4.69, 9.17) is 4.74 Å². The van der Waals surface area contributed by atoms with Crippen molar-refractivity contribution in [2.75, 3.05) is 13.2 Å². The quantitative estimate of drug-likeness (QED) is 0.729. The van der Waals surface area contributed by atoms with E-state index in [1.165, 1.54) is 5.56 Å². The maximum atomic E-state index is 5.67. The molecule has 96 valence electrons. The molecule has 0 aliphatic heterocycles. The van der Waals surface area contributed by atoms with E-state index in [0.717, 1.165) is 25.3 Å². The van der Waals surface area contributed by atoms with Gasteiger partial charge in [-0.25, -0.2) is 0 Å². The van der Waals surface area contributed by atoms with E-state index in [2.05, 4.69) is 57.3 Å². The summed E-state index contributed by atoms with van der Waals surface area (Å²) in [6.45, 7) is 10.4. The molecule has 0 spiro atoms. The topological polar surface area (TPSA) is 21.3 Å². The van der Waals surface area contributed by atoms with Crippen LogP contribution in [0.3, 0.4) is 0 Å². The van der Waals surface area contributed by atoms with Crippen LogP contribution in [0.5, 0.6) is 5.75 Å². The van der Waals surface area contributed by atoms with Crippen LogP contribution in [-0.2, 0) is 0 Å². The van der Waals surface area contributed by atoms with Crippen molar-refractivity contribution in [3.05, 3.63) is 29.8 Å². The zero-order chi connectivity index (χ0) is 12.7. The molecule has 2 nitrogen and oxygen atoms in total. The summed E-state index contributed by atoms with van der Waals surface area (Å²) in [6, 6.07) is 8.96. The summed E-state index contributed by atoms with van der Waals surface area (Å²) >= 11 is 0. The predicted molar refractivity (Wildman–Crippen MR) is 73.8 cm³/mol. The number of ether oxygens (including phenoxy) is 1. The Balaban J connectivity index is 2.28. The second-order valence-corrected chi connectivity index (χ2v) is 4.84. The first-order valence-electron chi connectivity index (χ1n) is 6.59. The number of nitrogens with one attached hydrogen (secondary N) is 1. The zero-order valence-corrected chi connectivity index (χ0v) is 11.5. The third-order valence-corrected chi connectivity index (χ3v) is 3.02. The van der Waals surface area contributed by atoms with E-state index in [1.807, 2.05) is 0 Å². The van der Waals surface area contributed by atoms with Crippen molar-refractivity contribution in [1.29, 1.82) is 0 Å². The Bertz CT molecular complexity index is 305. The van der Waals surface area contributed by atoms with Crippen molar-refractivity contribution in [2.24, 2.45) is 0 Å². The summed E-state index contributed by atoms with van der Waals surface area (Å²) < 4.78 is 5.67. The van der Waals surface area contributed by atoms with E-state index in [9.17, 15) is 0 Å². The van der Waals surface area contributed by atoms with Gasteiger partial charge in [0.15, 0.2) is 0 Å². The highest BCUT2D eigenvalue weighted by molar-refractivity contribution is 5.28. The fourth-order valence-corrected chi connectivity index (χ4v) is 1.57. The minimum absolute atomic E-state index is 0.571. The molecule has 0 saturated heterocycles. The summed E-state index contributed by atoms with van der Waals surface area (Å²) in [5, 5.41) is 3.41. The van der Waals surface area contributed by atoms with Crippen LogP contribution in [0.25, 0.3) is 0 Å². The highest BCUT2D eigenvalue weighted by Gasteiger charge is 2.00. The first kappa shape index (κ1) is 14.0. The number of rotatable bonds is 7. The fraction of sp³-hybridized carbons (Fsp3) is 0.600. The van der Waals surface area contributed by atoms with Gasteiger partial charge in [-0.05, 0) is 37.0 Å². The summed E-state index contributed by atoms with van der Waals surface area (Å²) in [5.41, 5.74) is 1.36. The summed E-state index contributed by atoms with van der Waals surface area (Å²) in [7, 11) is 0. The summed E-state index contributed by atoms with van der Waals surface area (Å²) in [6.07, 6.45) is 1.16. The lowest BCUT2D eigenvalue weighted by molar-refractivity contribution is 0.306. The van der Waals surface area contributed by atoms with Crippen molar-refractivity contribution in [3.8, 4) is 5.75 Å². The van der Waals surface area contributed by atoms with Gasteiger partial charge < -0.3 is 10.1 Å². The lowest BCUT2D eigenvalue weighted by atomic mass is 10.0. The molecule has 0 fully saturated rings. The van der Waals surface area contributed by atoms with Gasteiger partial charge in [0, 0.05) is 12.6 Å². The van der Waals surface area contributed by atoms with Gasteiger partial charge in [-0.1, -0.05) is 32.9 Å². The average molecular weight is 235 g/mol. The van der Waals surface area contributed by atoms with Gasteiger partial charge >= 0.3 is 0 Å². The van der Waals surface area contributed by atoms with Gasteiger partial charge in [0.1, 0.15) is 12.4 Å². The van der Waals surface area contributed by atoms with Gasteiger partial charge in [-0.2, -0.15) is 0 Å². The van der Waals surface area contributed by atoms with Crippen molar-refractivity contribution < 1.29 is 4.74 Å². The Kier molecular flexibility index (Phi) is 6.06. The fourth-order valence-electron chi connectivity index (χ4n) is 1.57. The average Bonchev–Trinajstić information content (AvgIpc) is 2.34. The van der Waals surface area contributed by atoms with Crippen LogP contribution >= 0.6 is 0 Å². The number of benzene rings is 1. The molecule has 1 aromatic rings. The Morgan fingerprint density at radius 2 is 1.76 bits per heavy atom. The molecule has 0 aliphatic rings. The molecule has 1 rings (SSSR count). The lowest BCUT2D eigenvalue weighted by Gasteiger charge is -2.12. The van der Waals surface area contributed by atoms with E-state index in [1.54, 1.807) is 0 Å². The summed E-state index contributed by atoms with van der Waals surface area (Å²) in [5.74, 6) is 1.54. The van der Waals surface area contributed by atoms with Crippen LogP contribution in [0.2, 0.25) is 0 Å². The van der Waals surface area contributed by atoms with Crippen molar-refractivity contribution in [3.63, 3.8) is 0 Å². The molecule has 1 N–H and O–H groups in total. The van der Waals surface area contributed by atoms with E-state index in [-0.39, 0.29) is 0 Å². The standard InChI is InChI=1S/C15H25NO/c1-5-13(4)16-10-11-17-15-8-6-14(7-9-15)12(2)3/h6-9,12-13,16H,5,10-11H2,1-4H3. The van der Waals surface area contributed by atoms with Crippen LogP contribution in [0.4, 0.5) is 0 Å². The Morgan fingerprint density at radius 1 is 1.12 bits per heavy atom. The molecule has 0 heterocycles. The number of hydrogen-bond donors (Lipinski definition) is 1. The maximum absolute atomic E-state index is 5.67. The minimum atomic E-state index is 0.571. The molecular formula is C15H25NO. The van der Waals surface area contributed by atoms with Crippen LogP contribution in [0, 0.1) is 0 Å².